The maximum atomic E-state index is 12.5. The zero-order valence-corrected chi connectivity index (χ0v) is 32.0. The second-order valence-corrected chi connectivity index (χ2v) is 14.8. The van der Waals surface area contributed by atoms with E-state index in [1.54, 1.807) is 0 Å². The summed E-state index contributed by atoms with van der Waals surface area (Å²) in [5, 5.41) is 10.3. The number of hydrogen-bond donors (Lipinski definition) is 3. The Bertz CT molecular complexity index is 769. The summed E-state index contributed by atoms with van der Waals surface area (Å²) in [5.74, 6) is -0.415. The molecule has 0 saturated carbocycles. The molecular formula is C38H76NO8P. The van der Waals surface area contributed by atoms with E-state index in [0.29, 0.717) is 6.42 Å². The first-order valence-corrected chi connectivity index (χ1v) is 21.3. The zero-order valence-electron chi connectivity index (χ0n) is 31.1. The van der Waals surface area contributed by atoms with Crippen LogP contribution in [0.4, 0.5) is 0 Å². The number of carbonyl (C=O) groups excluding carboxylic acids is 1. The standard InChI is InChI=1S/C38H76NO8P/c1-3-5-7-9-11-13-15-17-19-20-22-24-26-28-30-37(40)44-34-36(35-46-48(42,43)45-33-32-39)47-38(41)31-29-27-25-23-21-18-16-14-12-10-8-6-4-2/h15,17,36-37,40H,3-14,16,18-35,39H2,1-2H3,(H,42,43)/b17-15-/t36-,37?/m1/s1. The van der Waals surface area contributed by atoms with Crippen molar-refractivity contribution in [3.05, 3.63) is 12.2 Å². The van der Waals surface area contributed by atoms with Gasteiger partial charge in [0.15, 0.2) is 6.29 Å². The van der Waals surface area contributed by atoms with E-state index in [2.05, 4.69) is 26.0 Å². The van der Waals surface area contributed by atoms with Crippen LogP contribution in [0.2, 0.25) is 0 Å². The number of carbonyl (C=O) groups is 1. The Labute approximate surface area is 295 Å². The van der Waals surface area contributed by atoms with Crippen LogP contribution in [0, 0.1) is 0 Å². The van der Waals surface area contributed by atoms with Crippen molar-refractivity contribution in [3.8, 4) is 0 Å². The van der Waals surface area contributed by atoms with Crippen molar-refractivity contribution in [1.29, 1.82) is 0 Å². The van der Waals surface area contributed by atoms with E-state index in [-0.39, 0.29) is 32.8 Å². The van der Waals surface area contributed by atoms with Crippen molar-refractivity contribution in [1.82, 2.24) is 0 Å². The fourth-order valence-electron chi connectivity index (χ4n) is 5.55. The smallest absolute Gasteiger partial charge is 0.457 e. The fourth-order valence-corrected chi connectivity index (χ4v) is 6.31. The van der Waals surface area contributed by atoms with Crippen LogP contribution in [0.5, 0.6) is 0 Å². The molecule has 0 bridgehead atoms. The maximum absolute atomic E-state index is 12.5. The molecular weight excluding hydrogens is 629 g/mol. The minimum atomic E-state index is -4.34. The molecule has 0 saturated heterocycles. The van der Waals surface area contributed by atoms with E-state index < -0.39 is 26.2 Å². The lowest BCUT2D eigenvalue weighted by Crippen LogP contribution is -2.30. The first kappa shape index (κ1) is 47.2. The van der Waals surface area contributed by atoms with Crippen LogP contribution in [-0.2, 0) is 27.9 Å². The fraction of sp³-hybridized carbons (Fsp3) is 0.921. The van der Waals surface area contributed by atoms with E-state index in [0.717, 1.165) is 44.9 Å². The highest BCUT2D eigenvalue weighted by Gasteiger charge is 2.25. The molecule has 9 nitrogen and oxygen atoms in total. The number of allylic oxidation sites excluding steroid dienone is 2. The third kappa shape index (κ3) is 35.0. The number of aliphatic hydroxyl groups excluding tert-OH is 1. The van der Waals surface area contributed by atoms with Gasteiger partial charge in [0.1, 0.15) is 6.10 Å². The second-order valence-electron chi connectivity index (χ2n) is 13.3. The Hall–Kier alpha value is -0.800. The maximum Gasteiger partial charge on any atom is 0.472 e. The van der Waals surface area contributed by atoms with Gasteiger partial charge in [-0.1, -0.05) is 148 Å². The molecule has 0 aromatic rings. The Morgan fingerprint density at radius 3 is 1.62 bits per heavy atom. The minimum absolute atomic E-state index is 0.0665. The van der Waals surface area contributed by atoms with Crippen LogP contribution in [-0.4, -0.2) is 54.7 Å². The lowest BCUT2D eigenvalue weighted by atomic mass is 10.0. The second kappa shape index (κ2) is 36.0. The predicted octanol–water partition coefficient (Wildman–Crippen LogP) is 10.5. The first-order valence-electron chi connectivity index (χ1n) is 19.8. The molecule has 4 N–H and O–H groups in total. The number of rotatable bonds is 38. The zero-order chi connectivity index (χ0) is 35.4. The summed E-state index contributed by atoms with van der Waals surface area (Å²) in [6.45, 7) is 3.89. The molecule has 2 unspecified atom stereocenters. The summed E-state index contributed by atoms with van der Waals surface area (Å²) in [7, 11) is -4.34. The third-order valence-electron chi connectivity index (χ3n) is 8.52. The van der Waals surface area contributed by atoms with Gasteiger partial charge in [-0.25, -0.2) is 4.57 Å². The quantitative estimate of drug-likeness (QED) is 0.0188. The number of hydrogen-bond acceptors (Lipinski definition) is 8. The van der Waals surface area contributed by atoms with Gasteiger partial charge < -0.3 is 25.2 Å². The average molecular weight is 706 g/mol. The number of phosphoric ester groups is 1. The van der Waals surface area contributed by atoms with Crippen LogP contribution < -0.4 is 5.73 Å². The van der Waals surface area contributed by atoms with Crippen molar-refractivity contribution in [2.75, 3.05) is 26.4 Å². The monoisotopic (exact) mass is 706 g/mol. The van der Waals surface area contributed by atoms with Gasteiger partial charge in [-0.05, 0) is 44.9 Å². The molecule has 0 aromatic carbocycles. The molecule has 0 aromatic heterocycles. The largest absolute Gasteiger partial charge is 0.472 e. The number of phosphoric acid groups is 1. The van der Waals surface area contributed by atoms with E-state index >= 15 is 0 Å². The van der Waals surface area contributed by atoms with Crippen molar-refractivity contribution < 1.29 is 37.9 Å². The molecule has 0 amide bonds. The molecule has 0 heterocycles. The van der Waals surface area contributed by atoms with Crippen LogP contribution >= 0.6 is 7.82 Å². The Morgan fingerprint density at radius 1 is 0.667 bits per heavy atom. The molecule has 0 radical (unpaired) electrons. The molecule has 286 valence electrons. The van der Waals surface area contributed by atoms with Crippen molar-refractivity contribution in [2.45, 2.75) is 200 Å². The van der Waals surface area contributed by atoms with Gasteiger partial charge in [-0.2, -0.15) is 0 Å². The van der Waals surface area contributed by atoms with Crippen molar-refractivity contribution >= 4 is 13.8 Å². The summed E-state index contributed by atoms with van der Waals surface area (Å²) < 4.78 is 33.0. The Balaban J connectivity index is 4.19. The SMILES string of the molecule is CCCCCCC/C=C\CCCCCCCC(O)OC[C@H](COP(=O)(O)OCCN)OC(=O)CCCCCCCCCCCCCCC. The Morgan fingerprint density at radius 2 is 1.12 bits per heavy atom. The van der Waals surface area contributed by atoms with E-state index in [1.165, 1.54) is 116 Å². The molecule has 0 spiro atoms. The molecule has 3 atom stereocenters. The van der Waals surface area contributed by atoms with E-state index in [9.17, 15) is 19.4 Å². The minimum Gasteiger partial charge on any atom is -0.457 e. The first-order chi connectivity index (χ1) is 23.3. The highest BCUT2D eigenvalue weighted by atomic mass is 31.2. The van der Waals surface area contributed by atoms with Crippen LogP contribution in [0.3, 0.4) is 0 Å². The number of aliphatic hydroxyl groups is 1. The number of ether oxygens (including phenoxy) is 2. The number of unbranched alkanes of at least 4 members (excludes halogenated alkanes) is 22. The lowest BCUT2D eigenvalue weighted by Gasteiger charge is -2.21. The lowest BCUT2D eigenvalue weighted by molar-refractivity contribution is -0.166. The third-order valence-corrected chi connectivity index (χ3v) is 9.50. The molecule has 0 aliphatic carbocycles. The number of esters is 1. The molecule has 0 rings (SSSR count). The molecule has 0 aliphatic heterocycles. The molecule has 48 heavy (non-hydrogen) atoms. The van der Waals surface area contributed by atoms with Crippen molar-refractivity contribution in [2.24, 2.45) is 5.73 Å². The van der Waals surface area contributed by atoms with Gasteiger partial charge in [0.25, 0.3) is 0 Å². The van der Waals surface area contributed by atoms with Crippen LogP contribution in [0.15, 0.2) is 12.2 Å². The van der Waals surface area contributed by atoms with Gasteiger partial charge in [0, 0.05) is 13.0 Å². The highest BCUT2D eigenvalue weighted by molar-refractivity contribution is 7.47. The van der Waals surface area contributed by atoms with Crippen LogP contribution in [0.25, 0.3) is 0 Å². The summed E-state index contributed by atoms with van der Waals surface area (Å²) in [5.41, 5.74) is 5.34. The highest BCUT2D eigenvalue weighted by Crippen LogP contribution is 2.43. The average Bonchev–Trinajstić information content (AvgIpc) is 3.07. The summed E-state index contributed by atoms with van der Waals surface area (Å²) in [6.07, 6.45) is 33.5. The van der Waals surface area contributed by atoms with Gasteiger partial charge in [0.05, 0.1) is 19.8 Å². The van der Waals surface area contributed by atoms with Crippen LogP contribution in [0.1, 0.15) is 187 Å². The summed E-state index contributed by atoms with van der Waals surface area (Å²) in [4.78, 5) is 22.4. The van der Waals surface area contributed by atoms with E-state index in [4.69, 9.17) is 24.3 Å². The normalized spacial score (nSPS) is 14.4. The summed E-state index contributed by atoms with van der Waals surface area (Å²) in [6, 6.07) is 0. The van der Waals surface area contributed by atoms with E-state index in [1.807, 2.05) is 0 Å². The Kier molecular flexibility index (Phi) is 35.4. The van der Waals surface area contributed by atoms with Gasteiger partial charge in [-0.15, -0.1) is 0 Å². The van der Waals surface area contributed by atoms with Gasteiger partial charge in [-0.3, -0.25) is 13.8 Å². The molecule has 0 aliphatic rings. The topological polar surface area (TPSA) is 138 Å². The summed E-state index contributed by atoms with van der Waals surface area (Å²) >= 11 is 0. The van der Waals surface area contributed by atoms with Gasteiger partial charge in [0.2, 0.25) is 0 Å². The number of nitrogens with two attached hydrogens (primary N) is 1. The molecule has 0 fully saturated rings. The van der Waals surface area contributed by atoms with Gasteiger partial charge >= 0.3 is 13.8 Å². The molecule has 10 heteroatoms. The predicted molar refractivity (Wildman–Crippen MR) is 198 cm³/mol. The van der Waals surface area contributed by atoms with Crippen molar-refractivity contribution in [3.63, 3.8) is 0 Å².